The molecular weight excluding hydrogens is 424 g/mol. The lowest BCUT2D eigenvalue weighted by atomic mass is 10.00. The summed E-state index contributed by atoms with van der Waals surface area (Å²) in [7, 11) is 1.53. The van der Waals surface area contributed by atoms with Crippen LogP contribution >= 0.6 is 0 Å². The average molecular weight is 457 g/mol. The van der Waals surface area contributed by atoms with E-state index in [4.69, 9.17) is 18.6 Å². The summed E-state index contributed by atoms with van der Waals surface area (Å²) >= 11 is 0. The van der Waals surface area contributed by atoms with Crippen LogP contribution in [0.25, 0.3) is 0 Å². The van der Waals surface area contributed by atoms with Gasteiger partial charge < -0.3 is 23.7 Å². The van der Waals surface area contributed by atoms with Crippen LogP contribution in [0.5, 0.6) is 0 Å². The fourth-order valence-corrected chi connectivity index (χ4v) is 3.90. The maximum Gasteiger partial charge on any atom is 0.343 e. The maximum absolute atomic E-state index is 12.3. The van der Waals surface area contributed by atoms with E-state index in [-0.39, 0.29) is 29.0 Å². The molecule has 1 aromatic rings. The van der Waals surface area contributed by atoms with E-state index in [0.717, 1.165) is 31.2 Å². The molecule has 0 saturated heterocycles. The summed E-state index contributed by atoms with van der Waals surface area (Å²) in [5, 5.41) is 9.91. The molecule has 3 heterocycles. The minimum absolute atomic E-state index is 0.0689. The maximum atomic E-state index is 12.3. The lowest BCUT2D eigenvalue weighted by Gasteiger charge is -2.23. The molecular formula is C26H32O7. The topological polar surface area (TPSA) is 95.2 Å². The van der Waals surface area contributed by atoms with Crippen molar-refractivity contribution in [3.05, 3.63) is 70.6 Å². The van der Waals surface area contributed by atoms with E-state index in [1.54, 1.807) is 31.6 Å². The zero-order valence-corrected chi connectivity index (χ0v) is 19.7. The Bertz CT molecular complexity index is 994. The van der Waals surface area contributed by atoms with Gasteiger partial charge in [-0.3, -0.25) is 0 Å². The van der Waals surface area contributed by atoms with Crippen molar-refractivity contribution in [2.45, 2.75) is 65.1 Å². The van der Waals surface area contributed by atoms with Gasteiger partial charge in [0.15, 0.2) is 11.5 Å². The third-order valence-electron chi connectivity index (χ3n) is 5.96. The molecule has 0 saturated carbocycles. The first kappa shape index (κ1) is 24.6. The van der Waals surface area contributed by atoms with Gasteiger partial charge in [0.1, 0.15) is 0 Å². The first-order valence-corrected chi connectivity index (χ1v) is 11.2. The van der Waals surface area contributed by atoms with Crippen molar-refractivity contribution in [3.8, 4) is 0 Å². The number of carbonyl (C=O) groups excluding carboxylic acids is 2. The van der Waals surface area contributed by atoms with E-state index in [2.05, 4.69) is 13.0 Å². The van der Waals surface area contributed by atoms with Crippen LogP contribution in [-0.2, 0) is 30.2 Å². The van der Waals surface area contributed by atoms with Crippen LogP contribution in [0.1, 0.15) is 58.4 Å². The third kappa shape index (κ3) is 6.26. The number of rotatable bonds is 11. The van der Waals surface area contributed by atoms with Crippen LogP contribution in [0, 0.1) is 5.92 Å². The van der Waals surface area contributed by atoms with Crippen molar-refractivity contribution >= 4 is 11.9 Å². The molecule has 33 heavy (non-hydrogen) atoms. The van der Waals surface area contributed by atoms with Crippen molar-refractivity contribution in [2.24, 2.45) is 5.92 Å². The van der Waals surface area contributed by atoms with Gasteiger partial charge in [-0.2, -0.15) is 0 Å². The van der Waals surface area contributed by atoms with Crippen LogP contribution < -0.4 is 0 Å². The molecule has 3 rings (SSSR count). The van der Waals surface area contributed by atoms with Crippen molar-refractivity contribution in [1.82, 2.24) is 0 Å². The fourth-order valence-electron chi connectivity index (χ4n) is 3.90. The van der Waals surface area contributed by atoms with E-state index in [9.17, 15) is 14.7 Å². The molecule has 7 nitrogen and oxygen atoms in total. The number of hydrogen-bond acceptors (Lipinski definition) is 7. The van der Waals surface area contributed by atoms with Crippen LogP contribution in [0.4, 0.5) is 0 Å². The summed E-state index contributed by atoms with van der Waals surface area (Å²) in [6.07, 6.45) is 13.5. The summed E-state index contributed by atoms with van der Waals surface area (Å²) in [5.41, 5.74) is 3.04. The monoisotopic (exact) mass is 456 g/mol. The largest absolute Gasteiger partial charge is 0.504 e. The molecule has 0 spiro atoms. The molecule has 0 aromatic carbocycles. The van der Waals surface area contributed by atoms with Crippen LogP contribution in [0.15, 0.2) is 69.5 Å². The van der Waals surface area contributed by atoms with Gasteiger partial charge >= 0.3 is 11.9 Å². The Hall–Kier alpha value is -3.06. The molecule has 0 amide bonds. The summed E-state index contributed by atoms with van der Waals surface area (Å²) < 4.78 is 21.2. The van der Waals surface area contributed by atoms with E-state index >= 15 is 0 Å². The minimum atomic E-state index is -1.07. The molecule has 0 aliphatic carbocycles. The van der Waals surface area contributed by atoms with Crippen molar-refractivity contribution < 1.29 is 33.3 Å². The highest BCUT2D eigenvalue weighted by atomic mass is 16.7. The zero-order chi connectivity index (χ0) is 24.0. The number of aliphatic hydroxyl groups is 1. The van der Waals surface area contributed by atoms with Crippen molar-refractivity contribution in [2.75, 3.05) is 7.11 Å². The molecule has 7 heteroatoms. The molecule has 2 aliphatic heterocycles. The molecule has 1 aromatic heterocycles. The second-order valence-electron chi connectivity index (χ2n) is 8.74. The Morgan fingerprint density at radius 3 is 2.73 bits per heavy atom. The highest BCUT2D eigenvalue weighted by molar-refractivity contribution is 5.93. The molecule has 2 atom stereocenters. The number of carbonyl (C=O) groups is 2. The van der Waals surface area contributed by atoms with Gasteiger partial charge in [-0.15, -0.1) is 0 Å². The number of methoxy groups -OCH3 is 1. The van der Waals surface area contributed by atoms with Gasteiger partial charge in [0.25, 0.3) is 0 Å². The number of esters is 2. The first-order chi connectivity index (χ1) is 15.7. The predicted molar refractivity (Wildman–Crippen MR) is 122 cm³/mol. The second kappa shape index (κ2) is 10.7. The van der Waals surface area contributed by atoms with E-state index in [1.165, 1.54) is 12.7 Å². The zero-order valence-electron chi connectivity index (χ0n) is 19.7. The van der Waals surface area contributed by atoms with Crippen molar-refractivity contribution in [3.63, 3.8) is 0 Å². The molecule has 1 N–H and O–H groups in total. The Morgan fingerprint density at radius 1 is 1.30 bits per heavy atom. The number of ether oxygens (including phenoxy) is 3. The van der Waals surface area contributed by atoms with Gasteiger partial charge in [0.05, 0.1) is 18.1 Å². The summed E-state index contributed by atoms with van der Waals surface area (Å²) in [6.45, 7) is 5.65. The number of hydrogen-bond donors (Lipinski definition) is 1. The van der Waals surface area contributed by atoms with Gasteiger partial charge in [-0.25, -0.2) is 9.59 Å². The summed E-state index contributed by atoms with van der Waals surface area (Å²) in [4.78, 5) is 23.8. The quantitative estimate of drug-likeness (QED) is 0.349. The fraction of sp³-hybridized carbons (Fsp3) is 0.462. The second-order valence-corrected chi connectivity index (χ2v) is 8.74. The Labute approximate surface area is 194 Å². The molecule has 0 radical (unpaired) electrons. The Morgan fingerprint density at radius 2 is 2.09 bits per heavy atom. The SMILES string of the molecule is CO[C@]1(Cc2ccoc2)C=C(CCC/C(C)=C\CC[C@@H](C)/C=C2\OC(=O)C(C)=C2O)C(=O)O1. The lowest BCUT2D eigenvalue weighted by molar-refractivity contribution is -0.188. The normalized spacial score (nSPS) is 23.2. The first-order valence-electron chi connectivity index (χ1n) is 11.2. The number of furan rings is 1. The summed E-state index contributed by atoms with van der Waals surface area (Å²) in [5.74, 6) is -1.55. The Kier molecular flexibility index (Phi) is 7.97. The molecule has 2 aliphatic rings. The third-order valence-corrected chi connectivity index (χ3v) is 5.96. The highest BCUT2D eigenvalue weighted by Gasteiger charge is 2.40. The number of allylic oxidation sites excluding steroid dienone is 3. The number of cyclic esters (lactones) is 2. The van der Waals surface area contributed by atoms with Gasteiger partial charge in [-0.05, 0) is 75.7 Å². The summed E-state index contributed by atoms with van der Waals surface area (Å²) in [6, 6.07) is 1.83. The lowest BCUT2D eigenvalue weighted by Crippen LogP contribution is -2.33. The standard InChI is InChI=1S/C26H32O7/c1-17(7-5-9-18(2)13-22-23(27)19(3)24(28)32-22)8-6-10-21-15-26(30-4,33-25(21)29)14-20-11-12-31-16-20/h7,11-13,15-16,18,27H,5-6,8-10,14H2,1-4H3/b17-7-,22-13-/t18-,26+/m1/s1. The van der Waals surface area contributed by atoms with Crippen LogP contribution in [0.2, 0.25) is 0 Å². The van der Waals surface area contributed by atoms with Crippen LogP contribution in [0.3, 0.4) is 0 Å². The molecule has 0 bridgehead atoms. The molecule has 0 unspecified atom stereocenters. The smallest absolute Gasteiger partial charge is 0.343 e. The molecule has 178 valence electrons. The van der Waals surface area contributed by atoms with Gasteiger partial charge in [-0.1, -0.05) is 18.6 Å². The van der Waals surface area contributed by atoms with E-state index < -0.39 is 11.8 Å². The number of aliphatic hydroxyl groups excluding tert-OH is 1. The van der Waals surface area contributed by atoms with Gasteiger partial charge in [0.2, 0.25) is 5.79 Å². The van der Waals surface area contributed by atoms with Crippen LogP contribution in [-0.4, -0.2) is 29.9 Å². The van der Waals surface area contributed by atoms with E-state index in [0.29, 0.717) is 18.4 Å². The van der Waals surface area contributed by atoms with Crippen molar-refractivity contribution in [1.29, 1.82) is 0 Å². The predicted octanol–water partition coefficient (Wildman–Crippen LogP) is 5.45. The van der Waals surface area contributed by atoms with Gasteiger partial charge in [0, 0.05) is 19.1 Å². The highest BCUT2D eigenvalue weighted by Crippen LogP contribution is 2.32. The molecule has 0 fully saturated rings. The van der Waals surface area contributed by atoms with E-state index in [1.807, 2.05) is 13.0 Å². The Balaban J connectivity index is 1.44. The minimum Gasteiger partial charge on any atom is -0.504 e. The average Bonchev–Trinajstić information content (AvgIpc) is 3.45.